The Kier molecular flexibility index (Phi) is 5.33. The van der Waals surface area contributed by atoms with E-state index in [9.17, 15) is 0 Å². The molecule has 1 aromatic carbocycles. The lowest BCUT2D eigenvalue weighted by atomic mass is 10.2. The molecular formula is C16H23NO4. The molecule has 0 unspecified atom stereocenters. The van der Waals surface area contributed by atoms with E-state index in [0.29, 0.717) is 35.6 Å². The molecule has 0 radical (unpaired) electrons. The molecule has 0 spiro atoms. The quantitative estimate of drug-likeness (QED) is 0.709. The molecule has 0 heterocycles. The van der Waals surface area contributed by atoms with Gasteiger partial charge in [0.05, 0.1) is 21.3 Å². The molecule has 0 aromatic heterocycles. The summed E-state index contributed by atoms with van der Waals surface area (Å²) in [6.45, 7) is 5.26. The zero-order chi connectivity index (χ0) is 15.2. The van der Waals surface area contributed by atoms with Gasteiger partial charge in [-0.05, 0) is 18.4 Å². The molecular weight excluding hydrogens is 270 g/mol. The third kappa shape index (κ3) is 4.29. The van der Waals surface area contributed by atoms with E-state index >= 15 is 0 Å². The Morgan fingerprint density at radius 2 is 1.76 bits per heavy atom. The van der Waals surface area contributed by atoms with Crippen molar-refractivity contribution in [3.63, 3.8) is 0 Å². The minimum absolute atomic E-state index is 0.457. The summed E-state index contributed by atoms with van der Waals surface area (Å²) >= 11 is 0. The summed E-state index contributed by atoms with van der Waals surface area (Å²) in [6.07, 6.45) is 2.53. The number of nitrogens with one attached hydrogen (secondary N) is 1. The van der Waals surface area contributed by atoms with E-state index in [1.807, 2.05) is 0 Å². The molecule has 5 nitrogen and oxygen atoms in total. The van der Waals surface area contributed by atoms with Crippen LogP contribution in [-0.2, 0) is 0 Å². The molecule has 1 N–H and O–H groups in total. The van der Waals surface area contributed by atoms with Crippen LogP contribution in [0.2, 0.25) is 0 Å². The van der Waals surface area contributed by atoms with Crippen molar-refractivity contribution in [1.29, 1.82) is 0 Å². The van der Waals surface area contributed by atoms with Crippen molar-refractivity contribution in [2.24, 2.45) is 0 Å². The van der Waals surface area contributed by atoms with Gasteiger partial charge in [0.2, 0.25) is 5.75 Å². The third-order valence-electron chi connectivity index (χ3n) is 3.30. The lowest BCUT2D eigenvalue weighted by molar-refractivity contribution is 0.310. The monoisotopic (exact) mass is 293 g/mol. The summed E-state index contributed by atoms with van der Waals surface area (Å²) in [5.41, 5.74) is 1.01. The summed E-state index contributed by atoms with van der Waals surface area (Å²) in [4.78, 5) is 0. The summed E-state index contributed by atoms with van der Waals surface area (Å²) in [5.74, 6) is 2.38. The van der Waals surface area contributed by atoms with Crippen LogP contribution in [0.1, 0.15) is 12.8 Å². The summed E-state index contributed by atoms with van der Waals surface area (Å²) < 4.78 is 21.6. The van der Waals surface area contributed by atoms with Crippen molar-refractivity contribution in [2.75, 3.05) is 34.5 Å². The first-order chi connectivity index (χ1) is 10.2. The Balaban J connectivity index is 1.96. The van der Waals surface area contributed by atoms with Crippen LogP contribution in [0, 0.1) is 0 Å². The predicted molar refractivity (Wildman–Crippen MR) is 81.8 cm³/mol. The summed E-state index contributed by atoms with van der Waals surface area (Å²) in [5, 5.41) is 3.41. The highest BCUT2D eigenvalue weighted by Gasteiger charge is 2.20. The fourth-order valence-electron chi connectivity index (χ4n) is 1.95. The van der Waals surface area contributed by atoms with Crippen molar-refractivity contribution in [3.8, 4) is 23.0 Å². The first-order valence-electron chi connectivity index (χ1n) is 7.00. The highest BCUT2D eigenvalue weighted by Crippen LogP contribution is 2.40. The normalized spacial score (nSPS) is 13.7. The topological polar surface area (TPSA) is 49.0 Å². The maximum atomic E-state index is 5.75. The van der Waals surface area contributed by atoms with E-state index in [-0.39, 0.29) is 0 Å². The van der Waals surface area contributed by atoms with E-state index < -0.39 is 0 Å². The molecule has 0 aliphatic heterocycles. The van der Waals surface area contributed by atoms with Crippen molar-refractivity contribution in [1.82, 2.24) is 5.32 Å². The fourth-order valence-corrected chi connectivity index (χ4v) is 1.95. The van der Waals surface area contributed by atoms with E-state index in [2.05, 4.69) is 11.9 Å². The molecule has 1 saturated carbocycles. The van der Waals surface area contributed by atoms with Gasteiger partial charge in [-0.3, -0.25) is 0 Å². The van der Waals surface area contributed by atoms with Gasteiger partial charge in [-0.1, -0.05) is 6.58 Å². The van der Waals surface area contributed by atoms with Crippen LogP contribution in [0.3, 0.4) is 0 Å². The molecule has 0 saturated heterocycles. The van der Waals surface area contributed by atoms with E-state index in [4.69, 9.17) is 18.9 Å². The van der Waals surface area contributed by atoms with Gasteiger partial charge in [0.25, 0.3) is 0 Å². The smallest absolute Gasteiger partial charge is 0.203 e. The van der Waals surface area contributed by atoms with Crippen molar-refractivity contribution < 1.29 is 18.9 Å². The van der Waals surface area contributed by atoms with E-state index in [1.54, 1.807) is 33.5 Å². The molecule has 2 rings (SSSR count). The van der Waals surface area contributed by atoms with Crippen LogP contribution in [0.5, 0.6) is 23.0 Å². The fraction of sp³-hybridized carbons (Fsp3) is 0.500. The second-order valence-electron chi connectivity index (χ2n) is 5.05. The van der Waals surface area contributed by atoms with Gasteiger partial charge in [-0.25, -0.2) is 0 Å². The van der Waals surface area contributed by atoms with Gasteiger partial charge in [0.15, 0.2) is 11.5 Å². The molecule has 5 heteroatoms. The molecule has 1 aliphatic rings. The lowest BCUT2D eigenvalue weighted by Crippen LogP contribution is -2.21. The first-order valence-corrected chi connectivity index (χ1v) is 7.00. The standard InChI is InChI=1S/C16H23NO4/c1-11(9-17-12-5-6-12)10-21-13-7-14(18-2)16(20-4)15(8-13)19-3/h7-8,12,17H,1,5-6,9-10H2,2-4H3. The summed E-state index contributed by atoms with van der Waals surface area (Å²) in [6, 6.07) is 4.23. The zero-order valence-electron chi connectivity index (χ0n) is 12.9. The van der Waals surface area contributed by atoms with Crippen LogP contribution in [0.15, 0.2) is 24.3 Å². The Hall–Kier alpha value is -1.88. The maximum Gasteiger partial charge on any atom is 0.203 e. The second-order valence-corrected chi connectivity index (χ2v) is 5.05. The van der Waals surface area contributed by atoms with Gasteiger partial charge in [-0.15, -0.1) is 0 Å². The van der Waals surface area contributed by atoms with Crippen LogP contribution in [0.25, 0.3) is 0 Å². The van der Waals surface area contributed by atoms with Crippen LogP contribution in [0.4, 0.5) is 0 Å². The number of ether oxygens (including phenoxy) is 4. The number of rotatable bonds is 9. The Labute approximate surface area is 125 Å². The zero-order valence-corrected chi connectivity index (χ0v) is 12.9. The molecule has 0 amide bonds. The number of methoxy groups -OCH3 is 3. The average molecular weight is 293 g/mol. The van der Waals surface area contributed by atoms with Crippen molar-refractivity contribution in [2.45, 2.75) is 18.9 Å². The molecule has 0 bridgehead atoms. The largest absolute Gasteiger partial charge is 0.493 e. The highest BCUT2D eigenvalue weighted by molar-refractivity contribution is 5.55. The van der Waals surface area contributed by atoms with Crippen molar-refractivity contribution >= 4 is 0 Å². The maximum absolute atomic E-state index is 5.75. The summed E-state index contributed by atoms with van der Waals surface area (Å²) in [7, 11) is 4.74. The number of benzene rings is 1. The van der Waals surface area contributed by atoms with Crippen LogP contribution < -0.4 is 24.3 Å². The van der Waals surface area contributed by atoms with Crippen molar-refractivity contribution in [3.05, 3.63) is 24.3 Å². The number of hydrogen-bond donors (Lipinski definition) is 1. The predicted octanol–water partition coefficient (Wildman–Crippen LogP) is 2.40. The SMILES string of the molecule is C=C(CNC1CC1)COc1cc(OC)c(OC)c(OC)c1. The molecule has 116 valence electrons. The highest BCUT2D eigenvalue weighted by atomic mass is 16.5. The Bertz CT molecular complexity index is 472. The lowest BCUT2D eigenvalue weighted by Gasteiger charge is -2.15. The number of hydrogen-bond acceptors (Lipinski definition) is 5. The molecule has 1 aromatic rings. The minimum atomic E-state index is 0.457. The van der Waals surface area contributed by atoms with E-state index in [0.717, 1.165) is 12.1 Å². The molecule has 21 heavy (non-hydrogen) atoms. The van der Waals surface area contributed by atoms with Crippen LogP contribution >= 0.6 is 0 Å². The average Bonchev–Trinajstić information content (AvgIpc) is 3.33. The van der Waals surface area contributed by atoms with Gasteiger partial charge >= 0.3 is 0 Å². The van der Waals surface area contributed by atoms with Gasteiger partial charge in [0.1, 0.15) is 12.4 Å². The molecule has 1 fully saturated rings. The molecule has 0 atom stereocenters. The minimum Gasteiger partial charge on any atom is -0.493 e. The Morgan fingerprint density at radius 3 is 2.24 bits per heavy atom. The third-order valence-corrected chi connectivity index (χ3v) is 3.30. The molecule has 1 aliphatic carbocycles. The van der Waals surface area contributed by atoms with Gasteiger partial charge in [0, 0.05) is 24.7 Å². The van der Waals surface area contributed by atoms with Gasteiger partial charge in [-0.2, -0.15) is 0 Å². The first kappa shape index (κ1) is 15.5. The Morgan fingerprint density at radius 1 is 1.14 bits per heavy atom. The van der Waals surface area contributed by atoms with Gasteiger partial charge < -0.3 is 24.3 Å². The van der Waals surface area contributed by atoms with E-state index in [1.165, 1.54) is 12.8 Å². The second kappa shape index (κ2) is 7.22. The van der Waals surface area contributed by atoms with Crippen LogP contribution in [-0.4, -0.2) is 40.5 Å².